The molecule has 0 spiro atoms. The van der Waals surface area contributed by atoms with E-state index in [0.29, 0.717) is 23.0 Å². The van der Waals surface area contributed by atoms with Gasteiger partial charge in [-0.3, -0.25) is 0 Å². The van der Waals surface area contributed by atoms with E-state index in [1.807, 2.05) is 24.3 Å². The second-order valence-electron chi connectivity index (χ2n) is 4.82. The minimum absolute atomic E-state index is 0.115. The first-order chi connectivity index (χ1) is 12.1. The molecule has 0 amide bonds. The predicted octanol–water partition coefficient (Wildman–Crippen LogP) is 1.39. The van der Waals surface area contributed by atoms with Crippen LogP contribution in [0, 0.1) is 0 Å². The molecular weight excluding hydrogens is 391 g/mol. The molecule has 0 aromatic heterocycles. The van der Waals surface area contributed by atoms with Gasteiger partial charge in [0.2, 0.25) is 0 Å². The van der Waals surface area contributed by atoms with Crippen LogP contribution >= 0.6 is 0 Å². The van der Waals surface area contributed by atoms with Crippen molar-refractivity contribution in [3.63, 3.8) is 0 Å². The zero-order chi connectivity index (χ0) is 18.4. The van der Waals surface area contributed by atoms with Crippen LogP contribution in [0.1, 0.15) is 0 Å². The predicted molar refractivity (Wildman–Crippen MR) is 97.2 cm³/mol. The Hall–Kier alpha value is -2.24. The summed E-state index contributed by atoms with van der Waals surface area (Å²) in [5, 5.41) is 0. The Morgan fingerprint density at radius 2 is 0.720 bits per heavy atom. The molecule has 0 fully saturated rings. The van der Waals surface area contributed by atoms with Crippen molar-refractivity contribution in [2.75, 3.05) is 42.7 Å². The van der Waals surface area contributed by atoms with Gasteiger partial charge in [0.25, 0.3) is 0 Å². The van der Waals surface area contributed by atoms with Gasteiger partial charge in [-0.1, -0.05) is 0 Å². The fourth-order valence-electron chi connectivity index (χ4n) is 2.28. The number of methoxy groups -OCH3 is 6. The van der Waals surface area contributed by atoms with Crippen molar-refractivity contribution in [3.8, 4) is 34.5 Å². The summed E-state index contributed by atoms with van der Waals surface area (Å²) in [5.74, 6) is 4.01. The molecule has 2 aromatic carbocycles. The zero-order valence-corrected chi connectivity index (χ0v) is 16.9. The summed E-state index contributed by atoms with van der Waals surface area (Å²) in [5.41, 5.74) is 0. The van der Waals surface area contributed by atoms with Crippen molar-refractivity contribution in [2.45, 2.75) is 0 Å². The van der Waals surface area contributed by atoms with Crippen LogP contribution in [0.4, 0.5) is 0 Å². The molecule has 136 valence electrons. The van der Waals surface area contributed by atoms with Gasteiger partial charge >= 0.3 is 154 Å². The van der Waals surface area contributed by atoms with E-state index in [1.54, 1.807) is 42.7 Å². The summed E-state index contributed by atoms with van der Waals surface area (Å²) in [6.07, 6.45) is 0. The van der Waals surface area contributed by atoms with E-state index in [1.165, 1.54) is 0 Å². The fraction of sp³-hybridized carbons (Fsp3) is 0.333. The van der Waals surface area contributed by atoms with Crippen molar-refractivity contribution >= 4 is 23.9 Å². The second-order valence-corrected chi connectivity index (χ2v) is 7.09. The molecule has 0 atom stereocenters. The van der Waals surface area contributed by atoms with Crippen LogP contribution in [0.15, 0.2) is 24.3 Å². The van der Waals surface area contributed by atoms with Gasteiger partial charge in [0, 0.05) is 0 Å². The van der Waals surface area contributed by atoms with Crippen molar-refractivity contribution in [1.29, 1.82) is 0 Å². The average molecular weight is 413 g/mol. The summed E-state index contributed by atoms with van der Waals surface area (Å²) in [6, 6.07) is 7.49. The Morgan fingerprint density at radius 3 is 1.00 bits per heavy atom. The Balaban J connectivity index is 2.51. The summed E-state index contributed by atoms with van der Waals surface area (Å²) < 4.78 is 34.5. The normalized spacial score (nSPS) is 10.2. The van der Waals surface area contributed by atoms with Gasteiger partial charge in [-0.2, -0.15) is 0 Å². The Labute approximate surface area is 154 Å². The molecule has 0 aliphatic rings. The van der Waals surface area contributed by atoms with Crippen molar-refractivity contribution in [3.05, 3.63) is 24.3 Å². The average Bonchev–Trinajstić information content (AvgIpc) is 2.66. The van der Waals surface area contributed by atoms with Gasteiger partial charge in [-0.15, -0.1) is 0 Å². The molecule has 0 aliphatic heterocycles. The third-order valence-electron chi connectivity index (χ3n) is 3.56. The van der Waals surface area contributed by atoms with Gasteiger partial charge in [0.1, 0.15) is 0 Å². The van der Waals surface area contributed by atoms with Crippen LogP contribution < -0.4 is 37.3 Å². The van der Waals surface area contributed by atoms with E-state index in [2.05, 4.69) is 0 Å². The number of benzene rings is 2. The number of rotatable bonds is 8. The quantitative estimate of drug-likeness (QED) is 0.610. The molecule has 2 aromatic rings. The van der Waals surface area contributed by atoms with Gasteiger partial charge in [0.05, 0.1) is 0 Å². The van der Waals surface area contributed by atoms with Crippen LogP contribution in [0.3, 0.4) is 0 Å². The van der Waals surface area contributed by atoms with E-state index in [9.17, 15) is 0 Å². The Kier molecular flexibility index (Phi) is 6.67. The topological polar surface area (TPSA) is 55.4 Å². The molecule has 0 radical (unpaired) electrons. The molecule has 2 rings (SSSR count). The molecule has 0 unspecified atom stereocenters. The van der Waals surface area contributed by atoms with Crippen LogP contribution in [0.25, 0.3) is 0 Å². The van der Waals surface area contributed by atoms with Gasteiger partial charge in [0.15, 0.2) is 0 Å². The molecule has 0 heterocycles. The first kappa shape index (κ1) is 19.1. The maximum atomic E-state index is 5.52. The minimum atomic E-state index is -0.115. The van der Waals surface area contributed by atoms with E-state index in [0.717, 1.165) is 20.4 Å². The monoisotopic (exact) mass is 414 g/mol. The zero-order valence-electron chi connectivity index (χ0n) is 15.2. The van der Waals surface area contributed by atoms with Crippen LogP contribution in [-0.4, -0.2) is 57.6 Å². The molecule has 0 N–H and O–H groups in total. The summed E-state index contributed by atoms with van der Waals surface area (Å²) in [6.45, 7) is 0. The molecule has 0 saturated carbocycles. The molecule has 7 heteroatoms. The first-order valence-electron chi connectivity index (χ1n) is 7.39. The van der Waals surface area contributed by atoms with Crippen LogP contribution in [-0.2, 0) is 0 Å². The van der Waals surface area contributed by atoms with E-state index < -0.39 is 0 Å². The van der Waals surface area contributed by atoms with Crippen molar-refractivity contribution in [1.82, 2.24) is 0 Å². The Morgan fingerprint density at radius 1 is 0.440 bits per heavy atom. The third kappa shape index (κ3) is 4.06. The van der Waals surface area contributed by atoms with E-state index >= 15 is 0 Å². The fourth-order valence-corrected chi connectivity index (χ4v) is 4.49. The van der Waals surface area contributed by atoms with Gasteiger partial charge in [-0.25, -0.2) is 0 Å². The van der Waals surface area contributed by atoms with Gasteiger partial charge < -0.3 is 0 Å². The Bertz CT molecular complexity index is 670. The molecule has 0 saturated heterocycles. The van der Waals surface area contributed by atoms with E-state index in [-0.39, 0.29) is 15.0 Å². The molecule has 0 bridgehead atoms. The van der Waals surface area contributed by atoms with Crippen LogP contribution in [0.2, 0.25) is 0 Å². The summed E-state index contributed by atoms with van der Waals surface area (Å²) in [4.78, 5) is 0. The third-order valence-corrected chi connectivity index (χ3v) is 5.82. The first-order valence-corrected chi connectivity index (χ1v) is 9.10. The molecular formula is C18H22O6Se. The SMILES string of the molecule is COc1cc(OC)c([Se]c2cc(OC)c(OC)cc2OC)cc1OC. The summed E-state index contributed by atoms with van der Waals surface area (Å²) in [7, 11) is 9.68. The van der Waals surface area contributed by atoms with Gasteiger partial charge in [-0.05, 0) is 0 Å². The number of ether oxygens (including phenoxy) is 6. The van der Waals surface area contributed by atoms with E-state index in [4.69, 9.17) is 28.4 Å². The molecule has 6 nitrogen and oxygen atoms in total. The number of hydrogen-bond donors (Lipinski definition) is 0. The second kappa shape index (κ2) is 8.74. The van der Waals surface area contributed by atoms with Crippen molar-refractivity contribution < 1.29 is 28.4 Å². The van der Waals surface area contributed by atoms with Crippen LogP contribution in [0.5, 0.6) is 34.5 Å². The standard InChI is InChI=1S/C18H22O6Se/c1-19-11-7-15(23-5)17(9-13(11)21-3)25-18-10-14(22-4)12(20-2)8-16(18)24-6/h7-10H,1-6H3. The number of hydrogen-bond acceptors (Lipinski definition) is 6. The molecule has 25 heavy (non-hydrogen) atoms. The maximum absolute atomic E-state index is 5.52. The van der Waals surface area contributed by atoms with Crippen molar-refractivity contribution in [2.24, 2.45) is 0 Å². The summed E-state index contributed by atoms with van der Waals surface area (Å²) >= 11 is -0.115. The molecule has 0 aliphatic carbocycles.